The van der Waals surface area contributed by atoms with Crippen LogP contribution < -0.4 is 0 Å². The van der Waals surface area contributed by atoms with E-state index in [2.05, 4.69) is 20.4 Å². The lowest BCUT2D eigenvalue weighted by Gasteiger charge is -2.14. The van der Waals surface area contributed by atoms with Crippen molar-refractivity contribution in [3.63, 3.8) is 0 Å². The number of unbranched alkanes of at least 4 members (excludes halogenated alkanes) is 1. The first-order chi connectivity index (χ1) is 10.0. The molecular formula is C17H30O4. The van der Waals surface area contributed by atoms with Gasteiger partial charge < -0.3 is 9.47 Å². The van der Waals surface area contributed by atoms with Gasteiger partial charge in [0.15, 0.2) is 0 Å². The number of hydrogen-bond acceptors (Lipinski definition) is 4. The first-order valence-electron chi connectivity index (χ1n) is 8.01. The highest BCUT2D eigenvalue weighted by atomic mass is 16.5. The molecule has 2 atom stereocenters. The summed E-state index contributed by atoms with van der Waals surface area (Å²) in [5.41, 5.74) is 0. The highest BCUT2D eigenvalue weighted by Gasteiger charge is 2.12. The normalized spacial score (nSPS) is 13.3. The molecule has 0 fully saturated rings. The minimum Gasteiger partial charge on any atom is -0.465 e. The molecule has 0 saturated heterocycles. The van der Waals surface area contributed by atoms with E-state index >= 15 is 0 Å². The SMILES string of the molecule is C=CC(C)OC(=O)CCCC(=O)OCC(CC)CCCC. The summed E-state index contributed by atoms with van der Waals surface area (Å²) in [5, 5.41) is 0. The Hall–Kier alpha value is -1.32. The maximum Gasteiger partial charge on any atom is 0.306 e. The van der Waals surface area contributed by atoms with Gasteiger partial charge in [-0.1, -0.05) is 45.8 Å². The number of rotatable bonds is 12. The Morgan fingerprint density at radius 2 is 1.81 bits per heavy atom. The van der Waals surface area contributed by atoms with Crippen LogP contribution in [0.2, 0.25) is 0 Å². The van der Waals surface area contributed by atoms with Gasteiger partial charge >= 0.3 is 11.9 Å². The number of carbonyl (C=O) groups is 2. The van der Waals surface area contributed by atoms with Crippen LogP contribution in [0.1, 0.15) is 65.7 Å². The van der Waals surface area contributed by atoms with Crippen LogP contribution in [0.25, 0.3) is 0 Å². The molecule has 0 bridgehead atoms. The van der Waals surface area contributed by atoms with Crippen molar-refractivity contribution in [2.75, 3.05) is 6.61 Å². The van der Waals surface area contributed by atoms with Crippen molar-refractivity contribution in [2.45, 2.75) is 71.8 Å². The number of carbonyl (C=O) groups excluding carboxylic acids is 2. The first kappa shape index (κ1) is 19.7. The molecule has 0 aromatic rings. The molecule has 0 amide bonds. The smallest absolute Gasteiger partial charge is 0.306 e. The molecule has 2 unspecified atom stereocenters. The fourth-order valence-electron chi connectivity index (χ4n) is 1.87. The van der Waals surface area contributed by atoms with Crippen molar-refractivity contribution in [3.05, 3.63) is 12.7 Å². The fraction of sp³-hybridized carbons (Fsp3) is 0.765. The van der Waals surface area contributed by atoms with Crippen LogP contribution in [-0.2, 0) is 19.1 Å². The van der Waals surface area contributed by atoms with Crippen LogP contribution in [0.3, 0.4) is 0 Å². The Labute approximate surface area is 128 Å². The van der Waals surface area contributed by atoms with Crippen molar-refractivity contribution >= 4 is 11.9 Å². The summed E-state index contributed by atoms with van der Waals surface area (Å²) in [6.45, 7) is 10.1. The maximum absolute atomic E-state index is 11.6. The van der Waals surface area contributed by atoms with E-state index in [-0.39, 0.29) is 30.9 Å². The molecule has 21 heavy (non-hydrogen) atoms. The lowest BCUT2D eigenvalue weighted by Crippen LogP contribution is -2.15. The van der Waals surface area contributed by atoms with Gasteiger partial charge in [0.05, 0.1) is 6.61 Å². The zero-order valence-electron chi connectivity index (χ0n) is 13.7. The van der Waals surface area contributed by atoms with Crippen LogP contribution in [0, 0.1) is 5.92 Å². The van der Waals surface area contributed by atoms with Crippen molar-refractivity contribution in [3.8, 4) is 0 Å². The van der Waals surface area contributed by atoms with E-state index < -0.39 is 0 Å². The predicted octanol–water partition coefficient (Wildman–Crippen LogP) is 4.03. The fourth-order valence-corrected chi connectivity index (χ4v) is 1.87. The third-order valence-corrected chi connectivity index (χ3v) is 3.43. The molecule has 4 heteroatoms. The standard InChI is InChI=1S/C17H30O4/c1-5-8-10-15(7-3)13-20-16(18)11-9-12-17(19)21-14(4)6-2/h6,14-15H,2,5,7-13H2,1,3-4H3. The van der Waals surface area contributed by atoms with Crippen molar-refractivity contribution < 1.29 is 19.1 Å². The molecule has 0 aliphatic rings. The number of hydrogen-bond donors (Lipinski definition) is 0. The van der Waals surface area contributed by atoms with Gasteiger partial charge in [0.25, 0.3) is 0 Å². The second-order valence-corrected chi connectivity index (χ2v) is 5.38. The average Bonchev–Trinajstić information content (AvgIpc) is 2.47. The van der Waals surface area contributed by atoms with Gasteiger partial charge in [0.2, 0.25) is 0 Å². The van der Waals surface area contributed by atoms with E-state index in [1.807, 2.05) is 0 Å². The van der Waals surface area contributed by atoms with Crippen LogP contribution in [0.4, 0.5) is 0 Å². The van der Waals surface area contributed by atoms with E-state index in [0.717, 1.165) is 19.3 Å². The van der Waals surface area contributed by atoms with E-state index in [1.165, 1.54) is 6.42 Å². The van der Waals surface area contributed by atoms with Crippen LogP contribution in [-0.4, -0.2) is 24.6 Å². The van der Waals surface area contributed by atoms with Crippen molar-refractivity contribution in [1.82, 2.24) is 0 Å². The Kier molecular flexibility index (Phi) is 11.6. The zero-order valence-corrected chi connectivity index (χ0v) is 13.7. The van der Waals surface area contributed by atoms with E-state index in [0.29, 0.717) is 18.9 Å². The summed E-state index contributed by atoms with van der Waals surface area (Å²) in [5.74, 6) is -0.0774. The van der Waals surface area contributed by atoms with Crippen molar-refractivity contribution in [1.29, 1.82) is 0 Å². The largest absolute Gasteiger partial charge is 0.465 e. The molecule has 0 aliphatic heterocycles. The molecular weight excluding hydrogens is 268 g/mol. The topological polar surface area (TPSA) is 52.6 Å². The molecule has 0 aliphatic carbocycles. The van der Waals surface area contributed by atoms with Crippen molar-refractivity contribution in [2.24, 2.45) is 5.92 Å². The predicted molar refractivity (Wildman–Crippen MR) is 83.9 cm³/mol. The van der Waals surface area contributed by atoms with Gasteiger partial charge in [-0.25, -0.2) is 0 Å². The summed E-state index contributed by atoms with van der Waals surface area (Å²) in [6.07, 6.45) is 6.71. The van der Waals surface area contributed by atoms with Crippen LogP contribution in [0.5, 0.6) is 0 Å². The Morgan fingerprint density at radius 3 is 2.38 bits per heavy atom. The molecule has 0 saturated carbocycles. The number of ether oxygens (including phenoxy) is 2. The molecule has 0 aromatic carbocycles. The summed E-state index contributed by atoms with van der Waals surface area (Å²) < 4.78 is 10.3. The maximum atomic E-state index is 11.6. The van der Waals surface area contributed by atoms with Gasteiger partial charge in [0, 0.05) is 12.8 Å². The quantitative estimate of drug-likeness (QED) is 0.403. The number of esters is 2. The van der Waals surface area contributed by atoms with E-state index in [4.69, 9.17) is 9.47 Å². The van der Waals surface area contributed by atoms with E-state index in [1.54, 1.807) is 13.0 Å². The van der Waals surface area contributed by atoms with Gasteiger partial charge in [-0.3, -0.25) is 9.59 Å². The lowest BCUT2D eigenvalue weighted by molar-refractivity contribution is -0.147. The zero-order chi connectivity index (χ0) is 16.1. The Balaban J connectivity index is 3.74. The summed E-state index contributed by atoms with van der Waals surface area (Å²) in [4.78, 5) is 23.0. The lowest BCUT2D eigenvalue weighted by atomic mass is 10.0. The third kappa shape index (κ3) is 11.1. The Morgan fingerprint density at radius 1 is 1.14 bits per heavy atom. The molecule has 0 N–H and O–H groups in total. The monoisotopic (exact) mass is 298 g/mol. The van der Waals surface area contributed by atoms with Gasteiger partial charge in [-0.2, -0.15) is 0 Å². The molecule has 0 aromatic heterocycles. The third-order valence-electron chi connectivity index (χ3n) is 3.43. The molecule has 0 radical (unpaired) electrons. The molecule has 4 nitrogen and oxygen atoms in total. The molecule has 122 valence electrons. The minimum atomic E-state index is -0.301. The minimum absolute atomic E-state index is 0.227. The highest BCUT2D eigenvalue weighted by molar-refractivity contribution is 5.72. The van der Waals surface area contributed by atoms with Crippen LogP contribution in [0.15, 0.2) is 12.7 Å². The Bertz CT molecular complexity index is 312. The van der Waals surface area contributed by atoms with Gasteiger partial charge in [0.1, 0.15) is 6.10 Å². The van der Waals surface area contributed by atoms with Gasteiger partial charge in [-0.15, -0.1) is 0 Å². The molecule has 0 rings (SSSR count). The van der Waals surface area contributed by atoms with E-state index in [9.17, 15) is 9.59 Å². The second-order valence-electron chi connectivity index (χ2n) is 5.38. The van der Waals surface area contributed by atoms with Crippen LogP contribution >= 0.6 is 0 Å². The summed E-state index contributed by atoms with van der Waals surface area (Å²) in [6, 6.07) is 0. The molecule has 0 spiro atoms. The highest BCUT2D eigenvalue weighted by Crippen LogP contribution is 2.13. The summed E-state index contributed by atoms with van der Waals surface area (Å²) in [7, 11) is 0. The second kappa shape index (κ2) is 12.4. The van der Waals surface area contributed by atoms with Gasteiger partial charge in [-0.05, 0) is 25.7 Å². The molecule has 0 heterocycles. The average molecular weight is 298 g/mol. The summed E-state index contributed by atoms with van der Waals surface area (Å²) >= 11 is 0. The first-order valence-corrected chi connectivity index (χ1v) is 8.01.